The molecule has 0 heterocycles. The van der Waals surface area contributed by atoms with Gasteiger partial charge in [0.1, 0.15) is 11.6 Å². The summed E-state index contributed by atoms with van der Waals surface area (Å²) in [6, 6.07) is 14.8. The van der Waals surface area contributed by atoms with Crippen molar-refractivity contribution >= 4 is 0 Å². The molecule has 148 valence electrons. The van der Waals surface area contributed by atoms with Gasteiger partial charge in [0.05, 0.1) is 24.8 Å². The number of benzene rings is 2. The Morgan fingerprint density at radius 3 is 2.31 bits per heavy atom. The van der Waals surface area contributed by atoms with E-state index < -0.39 is 0 Å². The van der Waals surface area contributed by atoms with Crippen LogP contribution in [0.4, 0.5) is 4.39 Å². The van der Waals surface area contributed by atoms with Crippen LogP contribution in [0.2, 0.25) is 0 Å². The normalized spacial score (nSPS) is 10.7. The predicted octanol–water partition coefficient (Wildman–Crippen LogP) is 2.36. The van der Waals surface area contributed by atoms with Crippen LogP contribution >= 0.6 is 0 Å². The number of nitrogens with zero attached hydrogens (tertiary/aromatic N) is 2. The van der Waals surface area contributed by atoms with Crippen molar-refractivity contribution in [2.75, 3.05) is 6.61 Å². The number of hydroxylamine groups is 1. The molecule has 7 heteroatoms. The largest absolute Gasteiger partial charge is 1.00 e. The number of nitrogens with two attached hydrogens (primary N) is 1. The summed E-state index contributed by atoms with van der Waals surface area (Å²) in [6.07, 6.45) is 3.19. The molecule has 2 aromatic carbocycles. The second-order valence-electron chi connectivity index (χ2n) is 5.46. The fourth-order valence-electron chi connectivity index (χ4n) is 1.96. The van der Waals surface area contributed by atoms with E-state index in [1.165, 1.54) is 30.5 Å². The number of ether oxygens (including phenoxy) is 1. The molecule has 29 heavy (non-hydrogen) atoms. The minimum Gasteiger partial charge on any atom is -0.562 e. The topological polar surface area (TPSA) is 82.4 Å². The van der Waals surface area contributed by atoms with Gasteiger partial charge < -0.3 is 20.8 Å². The number of nitriles is 1. The van der Waals surface area contributed by atoms with E-state index in [4.69, 9.17) is 20.6 Å². The molecule has 0 aliphatic rings. The number of rotatable bonds is 8. The van der Waals surface area contributed by atoms with Crippen LogP contribution in [0.5, 0.6) is 5.75 Å². The maximum absolute atomic E-state index is 12.9. The maximum atomic E-state index is 12.9. The van der Waals surface area contributed by atoms with Gasteiger partial charge in [-0.05, 0) is 60.7 Å². The van der Waals surface area contributed by atoms with Crippen LogP contribution in [0.25, 0.3) is 5.48 Å². The molecule has 0 aliphatic carbocycles. The third kappa shape index (κ3) is 11.2. The first-order valence-electron chi connectivity index (χ1n) is 8.90. The van der Waals surface area contributed by atoms with Gasteiger partial charge in [-0.25, -0.2) is 4.39 Å². The van der Waals surface area contributed by atoms with Gasteiger partial charge in [0.25, 0.3) is 0 Å². The fourth-order valence-corrected chi connectivity index (χ4v) is 1.96. The average molecular weight is 422 g/mol. The van der Waals surface area contributed by atoms with Gasteiger partial charge in [0.15, 0.2) is 0 Å². The Morgan fingerprint density at radius 2 is 1.76 bits per heavy atom. The van der Waals surface area contributed by atoms with Crippen LogP contribution in [0.15, 0.2) is 72.1 Å². The van der Waals surface area contributed by atoms with Gasteiger partial charge in [0, 0.05) is 0 Å². The fraction of sp³-hybridized carbons (Fsp3) is 0.227. The molecule has 0 atom stereocenters. The predicted molar refractivity (Wildman–Crippen MR) is 109 cm³/mol. The first-order valence-corrected chi connectivity index (χ1v) is 8.90. The Labute approximate surface area is 214 Å². The Bertz CT molecular complexity index is 813. The van der Waals surface area contributed by atoms with Gasteiger partial charge >= 0.3 is 51.4 Å². The zero-order chi connectivity index (χ0) is 20.8. The van der Waals surface area contributed by atoms with Crippen molar-refractivity contribution in [1.82, 2.24) is 0 Å². The van der Waals surface area contributed by atoms with Crippen molar-refractivity contribution in [3.05, 3.63) is 94.5 Å². The van der Waals surface area contributed by atoms with E-state index in [1.807, 2.05) is 20.8 Å². The maximum Gasteiger partial charge on any atom is 1.00 e. The summed E-state index contributed by atoms with van der Waals surface area (Å²) in [5.41, 5.74) is 12.4. The number of allylic oxidation sites excluding steroid dienone is 2. The smallest absolute Gasteiger partial charge is 0.562 e. The van der Waals surface area contributed by atoms with Gasteiger partial charge in [0.2, 0.25) is 0 Å². The zero-order valence-electron chi connectivity index (χ0n) is 17.4. The molecule has 0 fully saturated rings. The van der Waals surface area contributed by atoms with Crippen molar-refractivity contribution in [1.29, 1.82) is 5.26 Å². The molecular weight excluding hydrogens is 396 g/mol. The monoisotopic (exact) mass is 421 g/mol. The van der Waals surface area contributed by atoms with Crippen LogP contribution in [0.1, 0.15) is 31.9 Å². The molecule has 0 aromatic heterocycles. The SMILES string of the molecule is CC.CC(=C/N)/C=C(\COc1ccc(F)cc1)[N-]OCc1ccc(C#N)cc1.[K+]. The minimum absolute atomic E-state index is 0. The van der Waals surface area contributed by atoms with Crippen molar-refractivity contribution < 1.29 is 65.3 Å². The van der Waals surface area contributed by atoms with E-state index in [0.717, 1.165) is 11.1 Å². The van der Waals surface area contributed by atoms with E-state index in [0.29, 0.717) is 17.0 Å². The summed E-state index contributed by atoms with van der Waals surface area (Å²) >= 11 is 0. The summed E-state index contributed by atoms with van der Waals surface area (Å²) in [5.74, 6) is 0.194. The van der Waals surface area contributed by atoms with Crippen molar-refractivity contribution in [2.24, 2.45) is 5.73 Å². The molecule has 0 aliphatic heterocycles. The van der Waals surface area contributed by atoms with Crippen LogP contribution in [-0.4, -0.2) is 6.61 Å². The van der Waals surface area contributed by atoms with Crippen LogP contribution in [-0.2, 0) is 11.4 Å². The molecule has 0 spiro atoms. The second kappa shape index (κ2) is 16.2. The van der Waals surface area contributed by atoms with Gasteiger partial charge in [-0.2, -0.15) is 5.26 Å². The third-order valence-corrected chi connectivity index (χ3v) is 3.35. The number of halogens is 1. The van der Waals surface area contributed by atoms with Crippen molar-refractivity contribution in [2.45, 2.75) is 27.4 Å². The summed E-state index contributed by atoms with van der Waals surface area (Å²) in [5, 5.41) is 8.80. The van der Waals surface area contributed by atoms with E-state index in [-0.39, 0.29) is 70.4 Å². The molecule has 2 aromatic rings. The third-order valence-electron chi connectivity index (χ3n) is 3.35. The number of hydrogen-bond donors (Lipinski definition) is 1. The standard InChI is InChI=1S/C20H19FN3O2.C2H6.K/c1-15(11-22)10-19(14-25-20-8-6-18(21)7-9-20)24-26-13-17-4-2-16(12-23)3-5-17;1-2;/h2-11H,13-14,22H2,1H3;1-2H3;/q-1;;+1/b15-11-,19-10+;;. The molecule has 0 amide bonds. The molecule has 0 saturated carbocycles. The van der Waals surface area contributed by atoms with Gasteiger partial charge in [-0.1, -0.05) is 32.1 Å². The molecule has 2 rings (SSSR count). The summed E-state index contributed by atoms with van der Waals surface area (Å²) in [6.45, 7) is 6.23. The van der Waals surface area contributed by atoms with E-state index in [9.17, 15) is 4.39 Å². The van der Waals surface area contributed by atoms with Gasteiger partial charge in [-0.15, -0.1) is 5.70 Å². The quantitative estimate of drug-likeness (QED) is 0.403. The summed E-state index contributed by atoms with van der Waals surface area (Å²) < 4.78 is 18.5. The summed E-state index contributed by atoms with van der Waals surface area (Å²) in [4.78, 5) is 5.37. The number of hydrogen-bond acceptors (Lipinski definition) is 4. The molecule has 0 unspecified atom stereocenters. The molecule has 0 radical (unpaired) electrons. The van der Waals surface area contributed by atoms with E-state index in [1.54, 1.807) is 30.3 Å². The Kier molecular flexibility index (Phi) is 15.2. The van der Waals surface area contributed by atoms with Crippen LogP contribution < -0.4 is 61.9 Å². The van der Waals surface area contributed by atoms with Crippen LogP contribution in [0, 0.1) is 17.1 Å². The Balaban J connectivity index is 0.00000253. The first kappa shape index (κ1) is 27.3. The van der Waals surface area contributed by atoms with E-state index >= 15 is 0 Å². The molecule has 0 saturated heterocycles. The second-order valence-corrected chi connectivity index (χ2v) is 5.46. The Morgan fingerprint density at radius 1 is 1.14 bits per heavy atom. The average Bonchev–Trinajstić information content (AvgIpc) is 2.74. The van der Waals surface area contributed by atoms with Gasteiger partial charge in [-0.3, -0.25) is 0 Å². The van der Waals surface area contributed by atoms with Crippen molar-refractivity contribution in [3.8, 4) is 11.8 Å². The van der Waals surface area contributed by atoms with Crippen molar-refractivity contribution in [3.63, 3.8) is 0 Å². The molecular formula is C22H25FKN3O2. The minimum atomic E-state index is -0.328. The molecule has 5 nitrogen and oxygen atoms in total. The molecule has 0 bridgehead atoms. The van der Waals surface area contributed by atoms with E-state index in [2.05, 4.69) is 11.5 Å². The Hall–Kier alpha value is -1.66. The molecule has 2 N–H and O–H groups in total. The first-order chi connectivity index (χ1) is 13.6. The zero-order valence-corrected chi connectivity index (χ0v) is 20.5. The summed E-state index contributed by atoms with van der Waals surface area (Å²) in [7, 11) is 0. The van der Waals surface area contributed by atoms with Crippen LogP contribution in [0.3, 0.4) is 0 Å².